The zero-order valence-corrected chi connectivity index (χ0v) is 17.4. The Morgan fingerprint density at radius 2 is 1.54 bits per heavy atom. The van der Waals surface area contributed by atoms with Crippen LogP contribution in [-0.4, -0.2) is 14.9 Å². The molecule has 2 saturated carbocycles. The molecule has 0 N–H and O–H groups in total. The van der Waals surface area contributed by atoms with Crippen molar-refractivity contribution in [3.05, 3.63) is 51.6 Å². The first kappa shape index (κ1) is 18.8. The Hall–Kier alpha value is -2.54. The van der Waals surface area contributed by atoms with Gasteiger partial charge in [0.2, 0.25) is 5.78 Å². The van der Waals surface area contributed by atoms with Gasteiger partial charge in [0.15, 0.2) is 0 Å². The number of carbonyl (C=O) groups is 1. The molecule has 4 nitrogen and oxygen atoms in total. The Morgan fingerprint density at radius 3 is 2.14 bits per heavy atom. The summed E-state index contributed by atoms with van der Waals surface area (Å²) in [5.41, 5.74) is 6.36. The van der Waals surface area contributed by atoms with Crippen LogP contribution in [0.1, 0.15) is 89.3 Å². The van der Waals surface area contributed by atoms with Gasteiger partial charge in [-0.25, -0.2) is 0 Å². The summed E-state index contributed by atoms with van der Waals surface area (Å²) in [6, 6.07) is 7.32. The average Bonchev–Trinajstić information content (AvgIpc) is 3.14. The molecule has 0 unspecified atom stereocenters. The van der Waals surface area contributed by atoms with Gasteiger partial charge in [-0.3, -0.25) is 4.79 Å². The normalized spacial score (nSPS) is 17.9. The SMILES string of the molecule is Cc1cc(C=C(C#N)C(=O)c2cc(C)n(C3CCCC3)c2C)c(C)n1C1CC1. The number of rotatable bonds is 5. The molecule has 0 atom stereocenters. The molecular weight excluding hydrogens is 346 g/mol. The number of allylic oxidation sites excluding steroid dienone is 1. The quantitative estimate of drug-likeness (QED) is 0.379. The summed E-state index contributed by atoms with van der Waals surface area (Å²) < 4.78 is 4.66. The lowest BCUT2D eigenvalue weighted by Crippen LogP contribution is -2.10. The minimum Gasteiger partial charge on any atom is -0.346 e. The van der Waals surface area contributed by atoms with Gasteiger partial charge in [-0.05, 0) is 77.2 Å². The molecule has 2 heterocycles. The van der Waals surface area contributed by atoms with Crippen LogP contribution in [0.5, 0.6) is 0 Å². The molecule has 2 fully saturated rings. The maximum Gasteiger partial charge on any atom is 0.205 e. The third-order valence-electron chi connectivity index (χ3n) is 6.52. The first-order chi connectivity index (χ1) is 13.4. The lowest BCUT2D eigenvalue weighted by atomic mass is 10.0. The molecular formula is C24H29N3O. The van der Waals surface area contributed by atoms with Crippen LogP contribution in [0.4, 0.5) is 0 Å². The molecule has 0 saturated heterocycles. The van der Waals surface area contributed by atoms with Crippen LogP contribution in [0.2, 0.25) is 0 Å². The summed E-state index contributed by atoms with van der Waals surface area (Å²) >= 11 is 0. The highest BCUT2D eigenvalue weighted by atomic mass is 16.1. The largest absolute Gasteiger partial charge is 0.346 e. The van der Waals surface area contributed by atoms with E-state index in [1.807, 2.05) is 13.0 Å². The second-order valence-electron chi connectivity index (χ2n) is 8.52. The highest BCUT2D eigenvalue weighted by Crippen LogP contribution is 2.39. The monoisotopic (exact) mass is 375 g/mol. The molecule has 4 rings (SSSR count). The van der Waals surface area contributed by atoms with Gasteiger partial charge in [-0.2, -0.15) is 5.26 Å². The van der Waals surface area contributed by atoms with E-state index >= 15 is 0 Å². The number of nitriles is 1. The summed E-state index contributed by atoms with van der Waals surface area (Å²) in [5.74, 6) is -0.156. The third-order valence-corrected chi connectivity index (χ3v) is 6.52. The number of ketones is 1. The van der Waals surface area contributed by atoms with E-state index in [9.17, 15) is 10.1 Å². The number of Topliss-reactive ketones (excluding diaryl/α,β-unsaturated/α-hetero) is 1. The Balaban J connectivity index is 1.69. The number of hydrogen-bond acceptors (Lipinski definition) is 2. The van der Waals surface area contributed by atoms with Gasteiger partial charge in [0, 0.05) is 40.4 Å². The molecule has 0 bridgehead atoms. The molecule has 0 spiro atoms. The van der Waals surface area contributed by atoms with Crippen molar-refractivity contribution in [1.82, 2.24) is 9.13 Å². The summed E-state index contributed by atoms with van der Waals surface area (Å²) in [6.07, 6.45) is 9.09. The van der Waals surface area contributed by atoms with Crippen LogP contribution < -0.4 is 0 Å². The summed E-state index contributed by atoms with van der Waals surface area (Å²) in [6.45, 7) is 8.28. The fourth-order valence-electron chi connectivity index (χ4n) is 5.02. The van der Waals surface area contributed by atoms with Gasteiger partial charge in [-0.1, -0.05) is 12.8 Å². The number of carbonyl (C=O) groups excluding carboxylic acids is 1. The van der Waals surface area contributed by atoms with Crippen LogP contribution in [-0.2, 0) is 0 Å². The zero-order chi connectivity index (χ0) is 20.0. The van der Waals surface area contributed by atoms with E-state index in [1.54, 1.807) is 6.08 Å². The summed E-state index contributed by atoms with van der Waals surface area (Å²) in [5, 5.41) is 9.73. The number of hydrogen-bond donors (Lipinski definition) is 0. The molecule has 0 amide bonds. The molecule has 0 aliphatic heterocycles. The van der Waals surface area contributed by atoms with Crippen LogP contribution in [0.3, 0.4) is 0 Å². The van der Waals surface area contributed by atoms with Crippen molar-refractivity contribution in [2.75, 3.05) is 0 Å². The fraction of sp³-hybridized carbons (Fsp3) is 0.500. The molecule has 2 aliphatic rings. The van der Waals surface area contributed by atoms with E-state index < -0.39 is 0 Å². The van der Waals surface area contributed by atoms with Crippen LogP contribution >= 0.6 is 0 Å². The van der Waals surface area contributed by atoms with Gasteiger partial charge in [0.1, 0.15) is 11.6 Å². The average molecular weight is 376 g/mol. The molecule has 28 heavy (non-hydrogen) atoms. The van der Waals surface area contributed by atoms with Crippen molar-refractivity contribution in [2.45, 2.75) is 78.3 Å². The first-order valence-corrected chi connectivity index (χ1v) is 10.5. The predicted octanol–water partition coefficient (Wildman–Crippen LogP) is 5.76. The van der Waals surface area contributed by atoms with Crippen molar-refractivity contribution >= 4 is 11.9 Å². The topological polar surface area (TPSA) is 50.7 Å². The molecule has 2 aliphatic carbocycles. The highest BCUT2D eigenvalue weighted by molar-refractivity contribution is 6.14. The molecule has 0 aromatic carbocycles. The van der Waals surface area contributed by atoms with Gasteiger partial charge in [0.25, 0.3) is 0 Å². The van der Waals surface area contributed by atoms with Crippen molar-refractivity contribution in [3.63, 3.8) is 0 Å². The number of nitrogens with zero attached hydrogens (tertiary/aromatic N) is 3. The number of aryl methyl sites for hydroxylation is 2. The second-order valence-corrected chi connectivity index (χ2v) is 8.52. The maximum atomic E-state index is 13.2. The van der Waals surface area contributed by atoms with Gasteiger partial charge < -0.3 is 9.13 Å². The second kappa shape index (κ2) is 7.13. The molecule has 4 heteroatoms. The van der Waals surface area contributed by atoms with Crippen molar-refractivity contribution in [2.24, 2.45) is 0 Å². The van der Waals surface area contributed by atoms with Crippen molar-refractivity contribution in [1.29, 1.82) is 5.26 Å². The first-order valence-electron chi connectivity index (χ1n) is 10.5. The van der Waals surface area contributed by atoms with Gasteiger partial charge in [-0.15, -0.1) is 0 Å². The maximum absolute atomic E-state index is 13.2. The number of aromatic nitrogens is 2. The smallest absolute Gasteiger partial charge is 0.205 e. The Bertz CT molecular complexity index is 1000. The lowest BCUT2D eigenvalue weighted by molar-refractivity contribution is 0.103. The Morgan fingerprint density at radius 1 is 0.964 bits per heavy atom. The highest BCUT2D eigenvalue weighted by Gasteiger charge is 2.28. The Labute approximate surface area is 167 Å². The standard InChI is InChI=1S/C24H29N3O/c1-15-11-19(17(3)26(15)22-9-10-22)13-20(14-25)24(28)23-12-16(2)27(18(23)4)21-7-5-6-8-21/h11-13,21-22H,5-10H2,1-4H3. The molecule has 146 valence electrons. The van der Waals surface area contributed by atoms with E-state index in [0.717, 1.165) is 22.6 Å². The lowest BCUT2D eigenvalue weighted by Gasteiger charge is -2.17. The van der Waals surface area contributed by atoms with E-state index in [4.69, 9.17) is 0 Å². The minimum atomic E-state index is -0.156. The van der Waals surface area contributed by atoms with Crippen LogP contribution in [0.15, 0.2) is 17.7 Å². The zero-order valence-electron chi connectivity index (χ0n) is 17.4. The van der Waals surface area contributed by atoms with Crippen molar-refractivity contribution in [3.8, 4) is 6.07 Å². The molecule has 0 radical (unpaired) electrons. The van der Waals surface area contributed by atoms with E-state index in [0.29, 0.717) is 17.6 Å². The minimum absolute atomic E-state index is 0.156. The van der Waals surface area contributed by atoms with Crippen LogP contribution in [0.25, 0.3) is 6.08 Å². The van der Waals surface area contributed by atoms with E-state index in [-0.39, 0.29) is 11.4 Å². The van der Waals surface area contributed by atoms with Gasteiger partial charge >= 0.3 is 0 Å². The predicted molar refractivity (Wildman–Crippen MR) is 112 cm³/mol. The third kappa shape index (κ3) is 3.13. The molecule has 2 aromatic heterocycles. The fourth-order valence-corrected chi connectivity index (χ4v) is 5.02. The Kier molecular flexibility index (Phi) is 4.79. The van der Waals surface area contributed by atoms with E-state index in [1.165, 1.54) is 44.2 Å². The van der Waals surface area contributed by atoms with Crippen molar-refractivity contribution < 1.29 is 4.79 Å². The van der Waals surface area contributed by atoms with Gasteiger partial charge in [0.05, 0.1) is 0 Å². The summed E-state index contributed by atoms with van der Waals surface area (Å²) in [4.78, 5) is 13.2. The van der Waals surface area contributed by atoms with Crippen LogP contribution in [0, 0.1) is 39.0 Å². The summed E-state index contributed by atoms with van der Waals surface area (Å²) in [7, 11) is 0. The molecule has 2 aromatic rings. The van der Waals surface area contributed by atoms with E-state index in [2.05, 4.69) is 42.0 Å².